The van der Waals surface area contributed by atoms with Crippen molar-refractivity contribution in [3.8, 4) is 0 Å². The lowest BCUT2D eigenvalue weighted by Crippen LogP contribution is -1.83. The maximum Gasteiger partial charge on any atom is 0.130 e. The molecule has 0 fully saturated rings. The highest BCUT2D eigenvalue weighted by atomic mass is 35.5. The molecule has 0 spiro atoms. The number of H-pyrrole nitrogens is 1. The van der Waals surface area contributed by atoms with Gasteiger partial charge in [-0.25, -0.2) is 4.98 Å². The first-order valence-electron chi connectivity index (χ1n) is 4.23. The highest BCUT2D eigenvalue weighted by Crippen LogP contribution is 2.17. The quantitative estimate of drug-likeness (QED) is 0.660. The van der Waals surface area contributed by atoms with E-state index in [2.05, 4.69) is 15.2 Å². The van der Waals surface area contributed by atoms with E-state index in [-0.39, 0.29) is 0 Å². The zero-order valence-corrected chi connectivity index (χ0v) is 8.68. The van der Waals surface area contributed by atoms with Crippen molar-refractivity contribution in [1.82, 2.24) is 15.2 Å². The molecule has 0 aliphatic rings. The molecule has 3 nitrogen and oxygen atoms in total. The van der Waals surface area contributed by atoms with E-state index in [4.69, 9.17) is 11.6 Å². The second-order valence-electron chi connectivity index (χ2n) is 2.36. The number of nitrogens with one attached hydrogen (secondary N) is 1. The smallest absolute Gasteiger partial charge is 0.130 e. The van der Waals surface area contributed by atoms with Crippen LogP contribution in [0.15, 0.2) is 12.3 Å². The van der Waals surface area contributed by atoms with E-state index in [1.165, 1.54) is 0 Å². The summed E-state index contributed by atoms with van der Waals surface area (Å²) in [5.41, 5.74) is 1.83. The van der Waals surface area contributed by atoms with Gasteiger partial charge in [0.1, 0.15) is 5.15 Å². The number of aryl methyl sites for hydroxylation is 1. The van der Waals surface area contributed by atoms with Gasteiger partial charge in [-0.3, -0.25) is 5.10 Å². The molecule has 2 rings (SSSR count). The van der Waals surface area contributed by atoms with Crippen molar-refractivity contribution in [1.29, 1.82) is 0 Å². The van der Waals surface area contributed by atoms with Gasteiger partial charge in [0.2, 0.25) is 0 Å². The second kappa shape index (κ2) is 4.23. The van der Waals surface area contributed by atoms with Crippen LogP contribution >= 0.6 is 11.6 Å². The molecule has 2 heterocycles. The lowest BCUT2D eigenvalue weighted by Gasteiger charge is -1.94. The predicted octanol–water partition coefficient (Wildman–Crippen LogP) is 2.95. The third-order valence-corrected chi connectivity index (χ3v) is 1.77. The number of hydrogen-bond acceptors (Lipinski definition) is 2. The summed E-state index contributed by atoms with van der Waals surface area (Å²) in [4.78, 5) is 4.07. The number of aromatic amines is 1. The predicted molar refractivity (Wildman–Crippen MR) is 55.0 cm³/mol. The van der Waals surface area contributed by atoms with Crippen LogP contribution in [0.1, 0.15) is 19.5 Å². The molecule has 70 valence electrons. The van der Waals surface area contributed by atoms with Crippen LogP contribution < -0.4 is 0 Å². The Morgan fingerprint density at radius 1 is 1.38 bits per heavy atom. The Morgan fingerprint density at radius 3 is 2.77 bits per heavy atom. The molecule has 13 heavy (non-hydrogen) atoms. The molecule has 0 radical (unpaired) electrons. The van der Waals surface area contributed by atoms with Crippen LogP contribution in [-0.4, -0.2) is 15.2 Å². The number of halogens is 1. The molecule has 0 saturated carbocycles. The fourth-order valence-electron chi connectivity index (χ4n) is 1.07. The van der Waals surface area contributed by atoms with Crippen molar-refractivity contribution in [2.75, 3.05) is 0 Å². The molecule has 2 aromatic heterocycles. The van der Waals surface area contributed by atoms with E-state index in [9.17, 15) is 0 Å². The fraction of sp³-hybridized carbons (Fsp3) is 0.333. The molecule has 0 saturated heterocycles. The van der Waals surface area contributed by atoms with Crippen molar-refractivity contribution in [3.63, 3.8) is 0 Å². The van der Waals surface area contributed by atoms with Crippen LogP contribution in [0.4, 0.5) is 0 Å². The van der Waals surface area contributed by atoms with Crippen molar-refractivity contribution in [2.24, 2.45) is 0 Å². The van der Waals surface area contributed by atoms with Gasteiger partial charge in [-0.1, -0.05) is 25.4 Å². The minimum Gasteiger partial charge on any atom is -0.276 e. The molecular weight excluding hydrogens is 186 g/mol. The van der Waals surface area contributed by atoms with Crippen LogP contribution in [0.25, 0.3) is 10.9 Å². The summed E-state index contributed by atoms with van der Waals surface area (Å²) in [5.74, 6) is 0. The molecule has 0 unspecified atom stereocenters. The molecule has 0 amide bonds. The normalized spacial score (nSPS) is 9.54. The van der Waals surface area contributed by atoms with Gasteiger partial charge in [0.15, 0.2) is 0 Å². The standard InChI is InChI=1S/C7H6ClN3.C2H6/c1-4-7-5(3-9-11-7)2-6(8)10-4;1-2/h2-3H,1H3,(H,9,11);1-2H3. The van der Waals surface area contributed by atoms with Gasteiger partial charge in [0, 0.05) is 5.39 Å². The third-order valence-electron chi connectivity index (χ3n) is 1.58. The molecular formula is C9H12ClN3. The zero-order chi connectivity index (χ0) is 9.84. The Hall–Kier alpha value is -1.09. The van der Waals surface area contributed by atoms with Gasteiger partial charge in [-0.05, 0) is 13.0 Å². The van der Waals surface area contributed by atoms with Crippen LogP contribution in [0.5, 0.6) is 0 Å². The van der Waals surface area contributed by atoms with Gasteiger partial charge < -0.3 is 0 Å². The number of fused-ring (bicyclic) bond motifs is 1. The lowest BCUT2D eigenvalue weighted by molar-refractivity contribution is 1.10. The molecule has 4 heteroatoms. The number of rotatable bonds is 0. The van der Waals surface area contributed by atoms with E-state index >= 15 is 0 Å². The van der Waals surface area contributed by atoms with Crippen LogP contribution in [-0.2, 0) is 0 Å². The Labute approximate surface area is 82.1 Å². The lowest BCUT2D eigenvalue weighted by atomic mass is 10.3. The molecule has 1 N–H and O–H groups in total. The molecule has 0 atom stereocenters. The summed E-state index contributed by atoms with van der Waals surface area (Å²) in [5, 5.41) is 8.24. The highest BCUT2D eigenvalue weighted by Gasteiger charge is 2.01. The number of aromatic nitrogens is 3. The SMILES string of the molecule is CC.Cc1nc(Cl)cc2cn[nH]c12. The van der Waals surface area contributed by atoms with Crippen LogP contribution in [0.3, 0.4) is 0 Å². The number of pyridine rings is 1. The van der Waals surface area contributed by atoms with Gasteiger partial charge in [-0.2, -0.15) is 5.10 Å². The van der Waals surface area contributed by atoms with E-state index in [1.54, 1.807) is 12.3 Å². The zero-order valence-electron chi connectivity index (χ0n) is 7.93. The average molecular weight is 198 g/mol. The average Bonchev–Trinajstić information content (AvgIpc) is 2.55. The Bertz CT molecular complexity index is 395. The highest BCUT2D eigenvalue weighted by molar-refractivity contribution is 6.30. The van der Waals surface area contributed by atoms with Crippen molar-refractivity contribution in [2.45, 2.75) is 20.8 Å². The molecule has 0 aliphatic heterocycles. The molecule has 0 aliphatic carbocycles. The van der Waals surface area contributed by atoms with E-state index in [1.807, 2.05) is 20.8 Å². The number of nitrogens with zero attached hydrogens (tertiary/aromatic N) is 2. The van der Waals surface area contributed by atoms with Gasteiger partial charge in [-0.15, -0.1) is 0 Å². The fourth-order valence-corrected chi connectivity index (χ4v) is 1.32. The van der Waals surface area contributed by atoms with Crippen molar-refractivity contribution < 1.29 is 0 Å². The van der Waals surface area contributed by atoms with Gasteiger partial charge >= 0.3 is 0 Å². The Balaban J connectivity index is 0.000000396. The topological polar surface area (TPSA) is 41.6 Å². The summed E-state index contributed by atoms with van der Waals surface area (Å²) >= 11 is 5.73. The summed E-state index contributed by atoms with van der Waals surface area (Å²) in [7, 11) is 0. The summed E-state index contributed by atoms with van der Waals surface area (Å²) in [6.07, 6.45) is 1.73. The first-order valence-corrected chi connectivity index (χ1v) is 4.61. The van der Waals surface area contributed by atoms with Gasteiger partial charge in [0.25, 0.3) is 0 Å². The van der Waals surface area contributed by atoms with Gasteiger partial charge in [0.05, 0.1) is 17.4 Å². The van der Waals surface area contributed by atoms with Crippen molar-refractivity contribution in [3.05, 3.63) is 23.1 Å². The van der Waals surface area contributed by atoms with Crippen LogP contribution in [0, 0.1) is 6.92 Å². The van der Waals surface area contributed by atoms with Crippen molar-refractivity contribution >= 4 is 22.5 Å². The Kier molecular flexibility index (Phi) is 3.25. The summed E-state index contributed by atoms with van der Waals surface area (Å²) < 4.78 is 0. The van der Waals surface area contributed by atoms with Crippen LogP contribution in [0.2, 0.25) is 5.15 Å². The molecule has 0 aromatic carbocycles. The Morgan fingerprint density at radius 2 is 2.08 bits per heavy atom. The summed E-state index contributed by atoms with van der Waals surface area (Å²) in [6, 6.07) is 1.79. The molecule has 2 aromatic rings. The minimum absolute atomic E-state index is 0.511. The maximum absolute atomic E-state index is 5.73. The largest absolute Gasteiger partial charge is 0.276 e. The maximum atomic E-state index is 5.73. The third kappa shape index (κ3) is 1.98. The molecule has 0 bridgehead atoms. The number of hydrogen-bond donors (Lipinski definition) is 1. The van der Waals surface area contributed by atoms with E-state index in [0.717, 1.165) is 16.6 Å². The second-order valence-corrected chi connectivity index (χ2v) is 2.75. The van der Waals surface area contributed by atoms with E-state index in [0.29, 0.717) is 5.15 Å². The minimum atomic E-state index is 0.511. The first-order chi connectivity index (χ1) is 6.27. The summed E-state index contributed by atoms with van der Waals surface area (Å²) in [6.45, 7) is 5.90. The monoisotopic (exact) mass is 197 g/mol. The first kappa shape index (κ1) is 9.99. The van der Waals surface area contributed by atoms with E-state index < -0.39 is 0 Å².